The van der Waals surface area contributed by atoms with E-state index < -0.39 is 0 Å². The van der Waals surface area contributed by atoms with E-state index in [0.717, 1.165) is 54.3 Å². The zero-order valence-electron chi connectivity index (χ0n) is 19.7. The van der Waals surface area contributed by atoms with Gasteiger partial charge in [0.05, 0.1) is 11.4 Å². The van der Waals surface area contributed by atoms with Crippen LogP contribution in [0.1, 0.15) is 23.7 Å². The van der Waals surface area contributed by atoms with Crippen LogP contribution in [-0.2, 0) is 19.5 Å². The van der Waals surface area contributed by atoms with Crippen LogP contribution in [0.4, 0.5) is 10.5 Å². The number of rotatable bonds is 6. The molecule has 0 saturated heterocycles. The summed E-state index contributed by atoms with van der Waals surface area (Å²) in [7, 11) is 0. The third-order valence-corrected chi connectivity index (χ3v) is 6.07. The largest absolute Gasteiger partial charge is 0.338 e. The lowest BCUT2D eigenvalue weighted by molar-refractivity contribution is 0.241. The summed E-state index contributed by atoms with van der Waals surface area (Å²) in [5, 5.41) is 5.57. The molecule has 0 unspecified atom stereocenters. The third-order valence-electron chi connectivity index (χ3n) is 6.07. The first-order chi connectivity index (χ1) is 17.2. The Morgan fingerprint density at radius 1 is 0.971 bits per heavy atom. The predicted molar refractivity (Wildman–Crippen MR) is 138 cm³/mol. The van der Waals surface area contributed by atoms with Gasteiger partial charge in [-0.05, 0) is 55.3 Å². The number of benzene rings is 2. The first-order valence-electron chi connectivity index (χ1n) is 11.9. The number of nitrogens with one attached hydrogen (secondary N) is 2. The van der Waals surface area contributed by atoms with Crippen molar-refractivity contribution < 1.29 is 4.79 Å². The number of carbonyl (C=O) groups is 1. The summed E-state index contributed by atoms with van der Waals surface area (Å²) in [6.45, 7) is 5.08. The lowest BCUT2D eigenvalue weighted by Gasteiger charge is -2.29. The minimum atomic E-state index is -0.220. The number of amides is 2. The van der Waals surface area contributed by atoms with Gasteiger partial charge in [0, 0.05) is 61.0 Å². The number of hydrogen-bond acceptors (Lipinski definition) is 5. The van der Waals surface area contributed by atoms with Crippen LogP contribution in [0.5, 0.6) is 0 Å². The number of anilines is 1. The fourth-order valence-electron chi connectivity index (χ4n) is 4.37. The molecule has 0 atom stereocenters. The maximum atomic E-state index is 11.8. The number of fused-ring (bicyclic) bond motifs is 1. The Morgan fingerprint density at radius 3 is 2.54 bits per heavy atom. The monoisotopic (exact) mass is 464 g/mol. The normalized spacial score (nSPS) is 13.2. The van der Waals surface area contributed by atoms with Gasteiger partial charge in [0.1, 0.15) is 0 Å². The molecule has 0 radical (unpaired) electrons. The van der Waals surface area contributed by atoms with E-state index in [1.165, 1.54) is 11.1 Å². The maximum Gasteiger partial charge on any atom is 0.319 e. The molecule has 1 aliphatic heterocycles. The summed E-state index contributed by atoms with van der Waals surface area (Å²) in [6.07, 6.45) is 4.53. The van der Waals surface area contributed by atoms with Gasteiger partial charge in [-0.15, -0.1) is 0 Å². The summed E-state index contributed by atoms with van der Waals surface area (Å²) in [5.74, 6) is 0.675. The van der Waals surface area contributed by atoms with Crippen molar-refractivity contribution in [2.24, 2.45) is 0 Å². The van der Waals surface area contributed by atoms with Crippen LogP contribution in [0.3, 0.4) is 0 Å². The van der Waals surface area contributed by atoms with E-state index in [1.54, 1.807) is 6.20 Å². The molecule has 2 aromatic carbocycles. The zero-order valence-corrected chi connectivity index (χ0v) is 19.7. The molecule has 2 N–H and O–H groups in total. The van der Waals surface area contributed by atoms with Crippen LogP contribution in [0.15, 0.2) is 79.1 Å². The Morgan fingerprint density at radius 2 is 1.80 bits per heavy atom. The molecule has 2 aromatic heterocycles. The molecule has 5 rings (SSSR count). The number of urea groups is 1. The fraction of sp³-hybridized carbons (Fsp3) is 0.214. The number of nitrogens with zero attached hydrogens (tertiary/aromatic N) is 4. The number of aromatic nitrogens is 3. The molecule has 0 fully saturated rings. The van der Waals surface area contributed by atoms with Gasteiger partial charge in [-0.1, -0.05) is 30.3 Å². The van der Waals surface area contributed by atoms with Crippen LogP contribution in [0, 0.1) is 0 Å². The Balaban J connectivity index is 1.47. The van der Waals surface area contributed by atoms with Crippen molar-refractivity contribution in [2.75, 3.05) is 18.4 Å². The van der Waals surface area contributed by atoms with E-state index in [9.17, 15) is 4.79 Å². The van der Waals surface area contributed by atoms with E-state index in [4.69, 9.17) is 9.97 Å². The molecule has 3 heterocycles. The van der Waals surface area contributed by atoms with Crippen LogP contribution in [0.2, 0.25) is 0 Å². The van der Waals surface area contributed by atoms with E-state index in [1.807, 2.05) is 49.5 Å². The van der Waals surface area contributed by atoms with Crippen molar-refractivity contribution >= 4 is 11.7 Å². The van der Waals surface area contributed by atoms with Crippen LogP contribution >= 0.6 is 0 Å². The van der Waals surface area contributed by atoms with Gasteiger partial charge in [-0.25, -0.2) is 14.8 Å². The highest BCUT2D eigenvalue weighted by Gasteiger charge is 2.23. The molecule has 35 heavy (non-hydrogen) atoms. The number of carbonyl (C=O) groups excluding carboxylic acids is 1. The minimum absolute atomic E-state index is 0.220. The highest BCUT2D eigenvalue weighted by atomic mass is 16.2. The van der Waals surface area contributed by atoms with E-state index in [-0.39, 0.29) is 6.03 Å². The lowest BCUT2D eigenvalue weighted by atomic mass is 9.98. The molecule has 7 nitrogen and oxygen atoms in total. The second kappa shape index (κ2) is 10.4. The summed E-state index contributed by atoms with van der Waals surface area (Å²) in [4.78, 5) is 28.6. The molecule has 2 amide bonds. The highest BCUT2D eigenvalue weighted by Crippen LogP contribution is 2.31. The molecule has 0 spiro atoms. The number of pyridine rings is 1. The SMILES string of the molecule is CCNC(=O)Nc1ccc(-c2nc3c(c(-c4cccnc4)n2)CCN(Cc2ccccc2)C3)cc1. The van der Waals surface area contributed by atoms with Crippen molar-refractivity contribution in [3.8, 4) is 22.6 Å². The van der Waals surface area contributed by atoms with Crippen LogP contribution in [-0.4, -0.2) is 39.0 Å². The van der Waals surface area contributed by atoms with Gasteiger partial charge in [0.25, 0.3) is 0 Å². The molecular weight excluding hydrogens is 436 g/mol. The smallest absolute Gasteiger partial charge is 0.319 e. The van der Waals surface area contributed by atoms with Crippen molar-refractivity contribution in [3.63, 3.8) is 0 Å². The Labute approximate surface area is 205 Å². The predicted octanol–water partition coefficient (Wildman–Crippen LogP) is 4.91. The lowest BCUT2D eigenvalue weighted by Crippen LogP contribution is -2.31. The van der Waals surface area contributed by atoms with Gasteiger partial charge < -0.3 is 10.6 Å². The summed E-state index contributed by atoms with van der Waals surface area (Å²) in [5.41, 5.74) is 7.12. The standard InChI is InChI=1S/C28H28N6O/c1-2-30-28(35)31-23-12-10-21(11-13-23)27-32-25-19-34(18-20-7-4-3-5-8-20)16-14-24(25)26(33-27)22-9-6-15-29-17-22/h3-13,15,17H,2,14,16,18-19H2,1H3,(H2,30,31,35). The molecule has 4 aromatic rings. The van der Waals surface area contributed by atoms with Crippen molar-refractivity contribution in [1.82, 2.24) is 25.2 Å². The van der Waals surface area contributed by atoms with Gasteiger partial charge in [0.2, 0.25) is 0 Å². The van der Waals surface area contributed by atoms with Crippen molar-refractivity contribution in [1.29, 1.82) is 0 Å². The molecule has 176 valence electrons. The summed E-state index contributed by atoms with van der Waals surface area (Å²) >= 11 is 0. The number of hydrogen-bond donors (Lipinski definition) is 2. The van der Waals surface area contributed by atoms with Crippen LogP contribution in [0.25, 0.3) is 22.6 Å². The molecule has 7 heteroatoms. The summed E-state index contributed by atoms with van der Waals surface area (Å²) in [6, 6.07) is 22.0. The minimum Gasteiger partial charge on any atom is -0.338 e. The Kier molecular flexibility index (Phi) is 6.77. The fourth-order valence-corrected chi connectivity index (χ4v) is 4.37. The van der Waals surface area contributed by atoms with Gasteiger partial charge in [-0.2, -0.15) is 0 Å². The van der Waals surface area contributed by atoms with E-state index in [2.05, 4.69) is 50.8 Å². The first-order valence-corrected chi connectivity index (χ1v) is 11.9. The first kappa shape index (κ1) is 22.7. The average Bonchev–Trinajstić information content (AvgIpc) is 2.89. The highest BCUT2D eigenvalue weighted by molar-refractivity contribution is 5.89. The van der Waals surface area contributed by atoms with Crippen LogP contribution < -0.4 is 10.6 Å². The Hall–Kier alpha value is -4.10. The molecular formula is C28H28N6O. The van der Waals surface area contributed by atoms with Gasteiger partial charge >= 0.3 is 6.03 Å². The van der Waals surface area contributed by atoms with Gasteiger partial charge in [-0.3, -0.25) is 9.88 Å². The van der Waals surface area contributed by atoms with E-state index >= 15 is 0 Å². The van der Waals surface area contributed by atoms with Crippen molar-refractivity contribution in [2.45, 2.75) is 26.4 Å². The second-order valence-electron chi connectivity index (χ2n) is 8.57. The molecule has 0 aliphatic carbocycles. The topological polar surface area (TPSA) is 83.0 Å². The average molecular weight is 465 g/mol. The maximum absolute atomic E-state index is 11.8. The summed E-state index contributed by atoms with van der Waals surface area (Å²) < 4.78 is 0. The third kappa shape index (κ3) is 5.36. The molecule has 0 bridgehead atoms. The quantitative estimate of drug-likeness (QED) is 0.424. The Bertz CT molecular complexity index is 1290. The zero-order chi connectivity index (χ0) is 24.0. The molecule has 0 saturated carbocycles. The molecule has 1 aliphatic rings. The van der Waals surface area contributed by atoms with Gasteiger partial charge in [0.15, 0.2) is 5.82 Å². The van der Waals surface area contributed by atoms with E-state index in [0.29, 0.717) is 12.4 Å². The second-order valence-corrected chi connectivity index (χ2v) is 8.57. The van der Waals surface area contributed by atoms with Crippen molar-refractivity contribution in [3.05, 3.63) is 95.9 Å².